The Morgan fingerprint density at radius 2 is 2.33 bits per heavy atom. The fourth-order valence-corrected chi connectivity index (χ4v) is 1.14. The van der Waals surface area contributed by atoms with Gasteiger partial charge in [-0.15, -0.1) is 0 Å². The standard InChI is InChI=1S/C5H9N3S/c1-2-3-4-5(6)8-9-7-4/h2-3H2,1H3,(H2,6,8). The van der Waals surface area contributed by atoms with Gasteiger partial charge in [-0.3, -0.25) is 0 Å². The van der Waals surface area contributed by atoms with E-state index in [4.69, 9.17) is 5.73 Å². The molecule has 0 saturated carbocycles. The summed E-state index contributed by atoms with van der Waals surface area (Å²) in [5, 5.41) is 0. The second kappa shape index (κ2) is 2.77. The lowest BCUT2D eigenvalue weighted by atomic mass is 10.2. The minimum Gasteiger partial charge on any atom is -0.381 e. The SMILES string of the molecule is CCCc1nsnc1N. The van der Waals surface area contributed by atoms with E-state index >= 15 is 0 Å². The number of nitrogen functional groups attached to an aromatic ring is 1. The van der Waals surface area contributed by atoms with Gasteiger partial charge in [0, 0.05) is 0 Å². The number of anilines is 1. The maximum atomic E-state index is 5.46. The average Bonchev–Trinajstić information content (AvgIpc) is 2.18. The highest BCUT2D eigenvalue weighted by atomic mass is 32.1. The monoisotopic (exact) mass is 143 g/mol. The Morgan fingerprint density at radius 3 is 2.78 bits per heavy atom. The predicted octanol–water partition coefficient (Wildman–Crippen LogP) is 1.07. The summed E-state index contributed by atoms with van der Waals surface area (Å²) in [5.74, 6) is 0.599. The summed E-state index contributed by atoms with van der Waals surface area (Å²) in [6.07, 6.45) is 2.03. The van der Waals surface area contributed by atoms with Gasteiger partial charge in [0.15, 0.2) is 5.82 Å². The highest BCUT2D eigenvalue weighted by molar-refractivity contribution is 6.99. The third-order valence-electron chi connectivity index (χ3n) is 1.07. The Kier molecular flexibility index (Phi) is 2.00. The van der Waals surface area contributed by atoms with Crippen LogP contribution in [0.5, 0.6) is 0 Å². The van der Waals surface area contributed by atoms with Gasteiger partial charge >= 0.3 is 0 Å². The molecule has 2 N–H and O–H groups in total. The summed E-state index contributed by atoms with van der Waals surface area (Å²) in [7, 11) is 0. The topological polar surface area (TPSA) is 51.8 Å². The molecule has 50 valence electrons. The van der Waals surface area contributed by atoms with E-state index in [1.807, 2.05) is 0 Å². The molecule has 0 unspecified atom stereocenters. The lowest BCUT2D eigenvalue weighted by Gasteiger charge is -1.88. The summed E-state index contributed by atoms with van der Waals surface area (Å²) in [4.78, 5) is 0. The first-order valence-corrected chi connectivity index (χ1v) is 3.64. The van der Waals surface area contributed by atoms with Crippen LogP contribution >= 0.6 is 11.7 Å². The number of hydrogen-bond acceptors (Lipinski definition) is 4. The maximum Gasteiger partial charge on any atom is 0.160 e. The van der Waals surface area contributed by atoms with Crippen molar-refractivity contribution in [2.75, 3.05) is 5.73 Å². The van der Waals surface area contributed by atoms with Crippen LogP contribution in [0.3, 0.4) is 0 Å². The number of aromatic nitrogens is 2. The summed E-state index contributed by atoms with van der Waals surface area (Å²) in [5.41, 5.74) is 6.41. The molecule has 0 radical (unpaired) electrons. The molecule has 0 aliphatic rings. The number of hydrogen-bond donors (Lipinski definition) is 1. The van der Waals surface area contributed by atoms with E-state index in [2.05, 4.69) is 15.7 Å². The van der Waals surface area contributed by atoms with Crippen molar-refractivity contribution < 1.29 is 0 Å². The number of rotatable bonds is 2. The van der Waals surface area contributed by atoms with Crippen molar-refractivity contribution in [3.05, 3.63) is 5.69 Å². The van der Waals surface area contributed by atoms with Crippen LogP contribution in [0.15, 0.2) is 0 Å². The van der Waals surface area contributed by atoms with Gasteiger partial charge in [-0.25, -0.2) is 0 Å². The van der Waals surface area contributed by atoms with E-state index in [0.29, 0.717) is 5.82 Å². The van der Waals surface area contributed by atoms with Gasteiger partial charge in [0.2, 0.25) is 0 Å². The molecule has 1 aromatic heterocycles. The predicted molar refractivity (Wildman–Crippen MR) is 38.3 cm³/mol. The molecule has 1 aromatic rings. The van der Waals surface area contributed by atoms with Crippen molar-refractivity contribution in [1.82, 2.24) is 8.75 Å². The van der Waals surface area contributed by atoms with E-state index in [0.717, 1.165) is 18.5 Å². The second-order valence-electron chi connectivity index (χ2n) is 1.85. The second-order valence-corrected chi connectivity index (χ2v) is 2.37. The highest BCUT2D eigenvalue weighted by Crippen LogP contribution is 2.08. The molecule has 0 aliphatic carbocycles. The van der Waals surface area contributed by atoms with Gasteiger partial charge in [-0.2, -0.15) is 8.75 Å². The zero-order chi connectivity index (χ0) is 6.69. The Morgan fingerprint density at radius 1 is 1.56 bits per heavy atom. The third kappa shape index (κ3) is 1.38. The van der Waals surface area contributed by atoms with Gasteiger partial charge in [0.1, 0.15) is 0 Å². The van der Waals surface area contributed by atoms with Gasteiger partial charge < -0.3 is 5.73 Å². The van der Waals surface area contributed by atoms with E-state index in [9.17, 15) is 0 Å². The van der Waals surface area contributed by atoms with E-state index < -0.39 is 0 Å². The normalized spacial score (nSPS) is 9.89. The zero-order valence-corrected chi connectivity index (χ0v) is 6.11. The Balaban J connectivity index is 2.69. The minimum atomic E-state index is 0.599. The minimum absolute atomic E-state index is 0.599. The summed E-state index contributed by atoms with van der Waals surface area (Å²) in [6.45, 7) is 2.10. The van der Waals surface area contributed by atoms with Crippen molar-refractivity contribution >= 4 is 17.5 Å². The quantitative estimate of drug-likeness (QED) is 0.673. The summed E-state index contributed by atoms with van der Waals surface area (Å²) < 4.78 is 7.85. The fourth-order valence-electron chi connectivity index (χ4n) is 0.624. The molecule has 3 nitrogen and oxygen atoms in total. The Labute approximate surface area is 58.2 Å². The molecule has 4 heteroatoms. The molecule has 0 fully saturated rings. The molecule has 0 atom stereocenters. The van der Waals surface area contributed by atoms with Crippen LogP contribution in [0.2, 0.25) is 0 Å². The van der Waals surface area contributed by atoms with Crippen molar-refractivity contribution in [2.24, 2.45) is 0 Å². The molecule has 0 spiro atoms. The molecule has 0 saturated heterocycles. The number of nitrogens with zero attached hydrogens (tertiary/aromatic N) is 2. The number of nitrogens with two attached hydrogens (primary N) is 1. The average molecular weight is 143 g/mol. The molecule has 0 aliphatic heterocycles. The van der Waals surface area contributed by atoms with E-state index in [-0.39, 0.29) is 0 Å². The molecule has 1 rings (SSSR count). The molecule has 0 bridgehead atoms. The van der Waals surface area contributed by atoms with Crippen LogP contribution in [0, 0.1) is 0 Å². The molecular weight excluding hydrogens is 134 g/mol. The molecule has 0 aromatic carbocycles. The van der Waals surface area contributed by atoms with E-state index in [1.165, 1.54) is 11.7 Å². The first-order valence-electron chi connectivity index (χ1n) is 2.91. The van der Waals surface area contributed by atoms with Crippen molar-refractivity contribution in [3.8, 4) is 0 Å². The van der Waals surface area contributed by atoms with Crippen molar-refractivity contribution in [1.29, 1.82) is 0 Å². The molecule has 1 heterocycles. The van der Waals surface area contributed by atoms with Gasteiger partial charge in [-0.1, -0.05) is 13.3 Å². The van der Waals surface area contributed by atoms with Crippen LogP contribution in [0.4, 0.5) is 5.82 Å². The molecular formula is C5H9N3S. The lowest BCUT2D eigenvalue weighted by Crippen LogP contribution is -1.91. The first-order chi connectivity index (χ1) is 4.34. The summed E-state index contributed by atoms with van der Waals surface area (Å²) >= 11 is 1.18. The van der Waals surface area contributed by atoms with Gasteiger partial charge in [-0.05, 0) is 6.42 Å². The smallest absolute Gasteiger partial charge is 0.160 e. The Bertz CT molecular complexity index is 184. The molecule has 0 amide bonds. The zero-order valence-electron chi connectivity index (χ0n) is 5.29. The third-order valence-corrected chi connectivity index (χ3v) is 1.65. The number of aryl methyl sites for hydroxylation is 1. The van der Waals surface area contributed by atoms with Crippen LogP contribution in [-0.2, 0) is 6.42 Å². The van der Waals surface area contributed by atoms with Crippen LogP contribution in [0.1, 0.15) is 19.0 Å². The molecule has 9 heavy (non-hydrogen) atoms. The summed E-state index contributed by atoms with van der Waals surface area (Å²) in [6, 6.07) is 0. The van der Waals surface area contributed by atoms with Crippen LogP contribution in [-0.4, -0.2) is 8.75 Å². The first kappa shape index (κ1) is 6.48. The van der Waals surface area contributed by atoms with Crippen molar-refractivity contribution in [3.63, 3.8) is 0 Å². The van der Waals surface area contributed by atoms with Crippen LogP contribution in [0.25, 0.3) is 0 Å². The van der Waals surface area contributed by atoms with E-state index in [1.54, 1.807) is 0 Å². The lowest BCUT2D eigenvalue weighted by molar-refractivity contribution is 0.901. The largest absolute Gasteiger partial charge is 0.381 e. The van der Waals surface area contributed by atoms with Gasteiger partial charge in [0.05, 0.1) is 17.4 Å². The Hall–Kier alpha value is -0.640. The fraction of sp³-hybridized carbons (Fsp3) is 0.600. The maximum absolute atomic E-state index is 5.46. The van der Waals surface area contributed by atoms with Gasteiger partial charge in [0.25, 0.3) is 0 Å². The highest BCUT2D eigenvalue weighted by Gasteiger charge is 2.00. The van der Waals surface area contributed by atoms with Crippen molar-refractivity contribution in [2.45, 2.75) is 19.8 Å². The van der Waals surface area contributed by atoms with Crippen LogP contribution < -0.4 is 5.73 Å².